The second-order valence-corrected chi connectivity index (χ2v) is 6.12. The molecule has 3 nitrogen and oxygen atoms in total. The van der Waals surface area contributed by atoms with Crippen molar-refractivity contribution in [2.75, 3.05) is 13.2 Å². The zero-order chi connectivity index (χ0) is 16.8. The standard InChI is InChI=1S/C20H20ClNO2/c21-17-8-5-15(6-9-17)14-24-20-10-7-16-3-1-2-4-18(16)19(20)13-22-11-12-23/h1-10,22-23H,11-14H2/p+1. The number of halogens is 1. The molecule has 4 heteroatoms. The minimum absolute atomic E-state index is 0.172. The summed E-state index contributed by atoms with van der Waals surface area (Å²) in [6, 6.07) is 20.1. The smallest absolute Gasteiger partial charge is 0.129 e. The minimum atomic E-state index is 0.172. The molecule has 3 N–H and O–H groups in total. The predicted molar refractivity (Wildman–Crippen MR) is 97.3 cm³/mol. The summed E-state index contributed by atoms with van der Waals surface area (Å²) in [5, 5.41) is 14.2. The zero-order valence-corrected chi connectivity index (χ0v) is 14.2. The van der Waals surface area contributed by atoms with E-state index in [4.69, 9.17) is 21.4 Å². The van der Waals surface area contributed by atoms with Crippen LogP contribution in [-0.2, 0) is 13.2 Å². The fraction of sp³-hybridized carbons (Fsp3) is 0.200. The van der Waals surface area contributed by atoms with Crippen LogP contribution >= 0.6 is 11.6 Å². The van der Waals surface area contributed by atoms with E-state index in [2.05, 4.69) is 23.5 Å². The van der Waals surface area contributed by atoms with Gasteiger partial charge in [0, 0.05) is 5.02 Å². The van der Waals surface area contributed by atoms with Crippen LogP contribution < -0.4 is 10.1 Å². The van der Waals surface area contributed by atoms with Gasteiger partial charge in [0.25, 0.3) is 0 Å². The van der Waals surface area contributed by atoms with Crippen molar-refractivity contribution in [2.24, 2.45) is 0 Å². The highest BCUT2D eigenvalue weighted by Gasteiger charge is 2.11. The third-order valence-electron chi connectivity index (χ3n) is 3.99. The Bertz CT molecular complexity index is 802. The Balaban J connectivity index is 1.85. The lowest BCUT2D eigenvalue weighted by molar-refractivity contribution is -0.671. The summed E-state index contributed by atoms with van der Waals surface area (Å²) in [5.74, 6) is 0.887. The highest BCUT2D eigenvalue weighted by Crippen LogP contribution is 2.28. The second kappa shape index (κ2) is 8.15. The Labute approximate surface area is 146 Å². The summed E-state index contributed by atoms with van der Waals surface area (Å²) >= 11 is 5.92. The lowest BCUT2D eigenvalue weighted by Gasteiger charge is -2.14. The van der Waals surface area contributed by atoms with Crippen molar-refractivity contribution in [3.63, 3.8) is 0 Å². The molecule has 0 fully saturated rings. The van der Waals surface area contributed by atoms with Gasteiger partial charge >= 0.3 is 0 Å². The van der Waals surface area contributed by atoms with E-state index in [0.29, 0.717) is 13.2 Å². The molecule has 0 saturated carbocycles. The van der Waals surface area contributed by atoms with Crippen molar-refractivity contribution in [2.45, 2.75) is 13.2 Å². The summed E-state index contributed by atoms with van der Waals surface area (Å²) in [7, 11) is 0. The number of hydrogen-bond donors (Lipinski definition) is 2. The second-order valence-electron chi connectivity index (χ2n) is 5.68. The summed E-state index contributed by atoms with van der Waals surface area (Å²) < 4.78 is 6.08. The summed E-state index contributed by atoms with van der Waals surface area (Å²) in [6.07, 6.45) is 0. The molecule has 0 heterocycles. The highest BCUT2D eigenvalue weighted by atomic mass is 35.5. The van der Waals surface area contributed by atoms with Crippen LogP contribution in [0.4, 0.5) is 0 Å². The Hall–Kier alpha value is -2.07. The largest absolute Gasteiger partial charge is 0.488 e. The van der Waals surface area contributed by atoms with Gasteiger partial charge in [-0.1, -0.05) is 54.1 Å². The van der Waals surface area contributed by atoms with E-state index in [1.165, 1.54) is 10.8 Å². The average Bonchev–Trinajstić information content (AvgIpc) is 2.62. The normalized spacial score (nSPS) is 10.9. The molecule has 0 aliphatic carbocycles. The molecule has 0 aliphatic heterocycles. The molecular formula is C20H21ClNO2+. The number of hydrogen-bond acceptors (Lipinski definition) is 2. The molecule has 0 aromatic heterocycles. The number of quaternary nitrogens is 1. The SMILES string of the molecule is OCC[NH2+]Cc1c(OCc2ccc(Cl)cc2)ccc2ccccc12. The Morgan fingerprint density at radius 1 is 0.958 bits per heavy atom. The number of benzene rings is 3. The minimum Gasteiger partial charge on any atom is -0.488 e. The summed E-state index contributed by atoms with van der Waals surface area (Å²) in [5.41, 5.74) is 2.24. The van der Waals surface area contributed by atoms with Crippen LogP contribution in [0, 0.1) is 0 Å². The van der Waals surface area contributed by atoms with Gasteiger partial charge in [-0.3, -0.25) is 0 Å². The molecule has 124 valence electrons. The van der Waals surface area contributed by atoms with Crippen LogP contribution in [0.5, 0.6) is 5.75 Å². The first-order valence-corrected chi connectivity index (χ1v) is 8.46. The van der Waals surface area contributed by atoms with Crippen molar-refractivity contribution >= 4 is 22.4 Å². The van der Waals surface area contributed by atoms with Gasteiger partial charge in [-0.25, -0.2) is 0 Å². The molecule has 0 spiro atoms. The highest BCUT2D eigenvalue weighted by molar-refractivity contribution is 6.30. The molecule has 3 rings (SSSR count). The Kier molecular flexibility index (Phi) is 5.70. The lowest BCUT2D eigenvalue weighted by atomic mass is 10.0. The molecule has 0 atom stereocenters. The quantitative estimate of drug-likeness (QED) is 0.648. The van der Waals surface area contributed by atoms with Crippen molar-refractivity contribution in [3.05, 3.63) is 76.8 Å². The number of rotatable bonds is 7. The first kappa shape index (κ1) is 16.8. The van der Waals surface area contributed by atoms with Crippen LogP contribution in [0.2, 0.25) is 5.02 Å². The van der Waals surface area contributed by atoms with Crippen molar-refractivity contribution in [1.82, 2.24) is 0 Å². The van der Waals surface area contributed by atoms with E-state index < -0.39 is 0 Å². The van der Waals surface area contributed by atoms with E-state index in [-0.39, 0.29) is 6.61 Å². The van der Waals surface area contributed by atoms with Crippen LogP contribution in [0.15, 0.2) is 60.7 Å². The van der Waals surface area contributed by atoms with Crippen molar-refractivity contribution < 1.29 is 15.2 Å². The molecular weight excluding hydrogens is 322 g/mol. The first-order valence-electron chi connectivity index (χ1n) is 8.08. The molecule has 0 saturated heterocycles. The van der Waals surface area contributed by atoms with Crippen LogP contribution in [0.3, 0.4) is 0 Å². The fourth-order valence-corrected chi connectivity index (χ4v) is 2.87. The van der Waals surface area contributed by atoms with Gasteiger partial charge in [0.1, 0.15) is 18.9 Å². The van der Waals surface area contributed by atoms with Crippen LogP contribution in [0.1, 0.15) is 11.1 Å². The van der Waals surface area contributed by atoms with Gasteiger partial charge in [0.2, 0.25) is 0 Å². The van der Waals surface area contributed by atoms with Gasteiger partial charge in [0.15, 0.2) is 0 Å². The molecule has 0 unspecified atom stereocenters. The number of ether oxygens (including phenoxy) is 1. The zero-order valence-electron chi connectivity index (χ0n) is 13.4. The maximum absolute atomic E-state index is 9.03. The van der Waals surface area contributed by atoms with E-state index in [1.54, 1.807) is 0 Å². The van der Waals surface area contributed by atoms with Crippen molar-refractivity contribution in [1.29, 1.82) is 0 Å². The first-order chi connectivity index (χ1) is 11.8. The molecule has 3 aromatic rings. The van der Waals surface area contributed by atoms with E-state index in [1.807, 2.05) is 42.5 Å². The Morgan fingerprint density at radius 2 is 1.75 bits per heavy atom. The van der Waals surface area contributed by atoms with E-state index >= 15 is 0 Å². The maximum Gasteiger partial charge on any atom is 0.129 e. The monoisotopic (exact) mass is 342 g/mol. The molecule has 0 radical (unpaired) electrons. The molecule has 0 bridgehead atoms. The third-order valence-corrected chi connectivity index (χ3v) is 4.24. The third kappa shape index (κ3) is 4.06. The van der Waals surface area contributed by atoms with E-state index in [9.17, 15) is 0 Å². The lowest BCUT2D eigenvalue weighted by Crippen LogP contribution is -2.83. The van der Waals surface area contributed by atoms with Gasteiger partial charge in [-0.15, -0.1) is 0 Å². The average molecular weight is 343 g/mol. The molecule has 3 aromatic carbocycles. The van der Waals surface area contributed by atoms with Gasteiger partial charge in [-0.2, -0.15) is 0 Å². The molecule has 0 amide bonds. The number of aliphatic hydroxyl groups is 1. The Morgan fingerprint density at radius 3 is 2.54 bits per heavy atom. The van der Waals surface area contributed by atoms with Crippen LogP contribution in [0.25, 0.3) is 10.8 Å². The summed E-state index contributed by atoms with van der Waals surface area (Å²) in [4.78, 5) is 0. The fourth-order valence-electron chi connectivity index (χ4n) is 2.74. The predicted octanol–water partition coefficient (Wildman–Crippen LogP) is 3.13. The van der Waals surface area contributed by atoms with E-state index in [0.717, 1.165) is 28.4 Å². The number of aliphatic hydroxyl groups excluding tert-OH is 1. The number of nitrogens with two attached hydrogens (primary N) is 1. The number of fused-ring (bicyclic) bond motifs is 1. The van der Waals surface area contributed by atoms with Gasteiger partial charge in [0.05, 0.1) is 18.7 Å². The van der Waals surface area contributed by atoms with Crippen LogP contribution in [-0.4, -0.2) is 18.3 Å². The topological polar surface area (TPSA) is 46.1 Å². The molecule has 24 heavy (non-hydrogen) atoms. The summed E-state index contributed by atoms with van der Waals surface area (Å²) in [6.45, 7) is 2.13. The van der Waals surface area contributed by atoms with Gasteiger partial charge in [-0.05, 0) is 34.5 Å². The molecule has 0 aliphatic rings. The maximum atomic E-state index is 9.03. The van der Waals surface area contributed by atoms with Crippen molar-refractivity contribution in [3.8, 4) is 5.75 Å². The van der Waals surface area contributed by atoms with Gasteiger partial charge < -0.3 is 15.2 Å².